The summed E-state index contributed by atoms with van der Waals surface area (Å²) in [6.45, 7) is 5.50. The van der Waals surface area contributed by atoms with Crippen molar-refractivity contribution in [1.82, 2.24) is 0 Å². The van der Waals surface area contributed by atoms with Gasteiger partial charge in [0.25, 0.3) is 0 Å². The van der Waals surface area contributed by atoms with Crippen LogP contribution in [0.4, 0.5) is 11.4 Å². The second-order valence-corrected chi connectivity index (χ2v) is 4.91. The molecule has 0 heterocycles. The van der Waals surface area contributed by atoms with E-state index in [9.17, 15) is 4.79 Å². The summed E-state index contributed by atoms with van der Waals surface area (Å²) >= 11 is 0. The summed E-state index contributed by atoms with van der Waals surface area (Å²) in [5.41, 5.74) is 7.44. The zero-order valence-electron chi connectivity index (χ0n) is 12.3. The maximum atomic E-state index is 11.7. The fraction of sp³-hybridized carbons (Fsp3) is 0.533. The Bertz CT molecular complexity index is 404. The highest BCUT2D eigenvalue weighted by molar-refractivity contribution is 5.90. The van der Waals surface area contributed by atoms with Crippen molar-refractivity contribution >= 4 is 17.3 Å². The van der Waals surface area contributed by atoms with E-state index in [4.69, 9.17) is 10.8 Å². The summed E-state index contributed by atoms with van der Waals surface area (Å²) in [6.07, 6.45) is 1.12. The largest absolute Gasteiger partial charge is 0.395 e. The molecular formula is C15H25N3O2. The number of nitrogens with one attached hydrogen (secondary N) is 1. The lowest BCUT2D eigenvalue weighted by Crippen LogP contribution is -2.26. The van der Waals surface area contributed by atoms with E-state index in [2.05, 4.69) is 10.2 Å². The van der Waals surface area contributed by atoms with E-state index in [0.717, 1.165) is 17.9 Å². The maximum absolute atomic E-state index is 11.7. The number of amides is 1. The topological polar surface area (TPSA) is 78.6 Å². The third-order valence-corrected chi connectivity index (χ3v) is 3.09. The molecule has 1 unspecified atom stereocenters. The van der Waals surface area contributed by atoms with Crippen LogP contribution in [0.25, 0.3) is 0 Å². The lowest BCUT2D eigenvalue weighted by Gasteiger charge is -2.22. The van der Waals surface area contributed by atoms with E-state index >= 15 is 0 Å². The van der Waals surface area contributed by atoms with Gasteiger partial charge in [0.15, 0.2) is 0 Å². The van der Waals surface area contributed by atoms with Gasteiger partial charge in [-0.15, -0.1) is 0 Å². The Balaban J connectivity index is 2.55. The number of aliphatic hydroxyl groups excluding tert-OH is 1. The third kappa shape index (κ3) is 5.59. The molecule has 1 aromatic rings. The molecule has 5 nitrogen and oxygen atoms in total. The van der Waals surface area contributed by atoms with Crippen molar-refractivity contribution in [1.29, 1.82) is 0 Å². The van der Waals surface area contributed by atoms with Crippen molar-refractivity contribution < 1.29 is 9.90 Å². The number of rotatable bonds is 8. The predicted octanol–water partition coefficient (Wildman–Crippen LogP) is 1.57. The molecule has 0 saturated heterocycles. The smallest absolute Gasteiger partial charge is 0.224 e. The zero-order chi connectivity index (χ0) is 15.0. The van der Waals surface area contributed by atoms with Gasteiger partial charge in [-0.05, 0) is 44.5 Å². The average molecular weight is 279 g/mol. The van der Waals surface area contributed by atoms with Crippen molar-refractivity contribution in [2.75, 3.05) is 29.9 Å². The molecule has 20 heavy (non-hydrogen) atoms. The van der Waals surface area contributed by atoms with Crippen LogP contribution < -0.4 is 16.0 Å². The molecule has 1 atom stereocenters. The Morgan fingerprint density at radius 2 is 2.05 bits per heavy atom. The number of hydrogen-bond acceptors (Lipinski definition) is 4. The SMILES string of the molecule is CCN(CCO)c1ccc(NC(=O)CCC(C)N)cc1. The molecule has 0 aromatic heterocycles. The van der Waals surface area contributed by atoms with Crippen molar-refractivity contribution in [3.05, 3.63) is 24.3 Å². The van der Waals surface area contributed by atoms with E-state index in [1.807, 2.05) is 38.1 Å². The molecule has 5 heteroatoms. The molecule has 0 aliphatic heterocycles. The van der Waals surface area contributed by atoms with Crippen molar-refractivity contribution in [2.24, 2.45) is 5.73 Å². The summed E-state index contributed by atoms with van der Waals surface area (Å²) in [7, 11) is 0. The summed E-state index contributed by atoms with van der Waals surface area (Å²) in [6, 6.07) is 7.68. The van der Waals surface area contributed by atoms with Gasteiger partial charge in [-0.2, -0.15) is 0 Å². The van der Waals surface area contributed by atoms with Crippen molar-refractivity contribution in [3.63, 3.8) is 0 Å². The van der Waals surface area contributed by atoms with Gasteiger partial charge in [0.1, 0.15) is 0 Å². The number of anilines is 2. The number of carbonyl (C=O) groups is 1. The van der Waals surface area contributed by atoms with Gasteiger partial charge in [0.05, 0.1) is 6.61 Å². The molecule has 0 saturated carbocycles. The Hall–Kier alpha value is -1.59. The first kappa shape index (κ1) is 16.5. The highest BCUT2D eigenvalue weighted by Crippen LogP contribution is 2.17. The summed E-state index contributed by atoms with van der Waals surface area (Å²) in [5, 5.41) is 11.8. The van der Waals surface area contributed by atoms with Crippen molar-refractivity contribution in [2.45, 2.75) is 32.7 Å². The molecule has 0 aliphatic carbocycles. The average Bonchev–Trinajstić information content (AvgIpc) is 2.43. The third-order valence-electron chi connectivity index (χ3n) is 3.09. The van der Waals surface area contributed by atoms with Gasteiger partial charge in [0.2, 0.25) is 5.91 Å². The molecule has 0 radical (unpaired) electrons. The fourth-order valence-corrected chi connectivity index (χ4v) is 1.93. The molecule has 0 spiro atoms. The molecule has 1 rings (SSSR count). The van der Waals surface area contributed by atoms with Gasteiger partial charge >= 0.3 is 0 Å². The minimum atomic E-state index is -0.0160. The Labute approximate surface area is 120 Å². The molecule has 1 amide bonds. The Morgan fingerprint density at radius 3 is 2.55 bits per heavy atom. The number of likely N-dealkylation sites (N-methyl/N-ethyl adjacent to an activating group) is 1. The number of carbonyl (C=O) groups excluding carboxylic acids is 1. The maximum Gasteiger partial charge on any atom is 0.224 e. The Morgan fingerprint density at radius 1 is 1.40 bits per heavy atom. The van der Waals surface area contributed by atoms with Gasteiger partial charge in [-0.3, -0.25) is 4.79 Å². The van der Waals surface area contributed by atoms with Crippen molar-refractivity contribution in [3.8, 4) is 0 Å². The number of nitrogens with two attached hydrogens (primary N) is 1. The first-order valence-electron chi connectivity index (χ1n) is 7.08. The summed E-state index contributed by atoms with van der Waals surface area (Å²) in [4.78, 5) is 13.8. The molecule has 4 N–H and O–H groups in total. The summed E-state index contributed by atoms with van der Waals surface area (Å²) < 4.78 is 0. The van der Waals surface area contributed by atoms with Crippen LogP contribution in [-0.2, 0) is 4.79 Å². The summed E-state index contributed by atoms with van der Waals surface area (Å²) in [5.74, 6) is -0.0160. The molecular weight excluding hydrogens is 254 g/mol. The molecule has 0 aliphatic rings. The monoisotopic (exact) mass is 279 g/mol. The highest BCUT2D eigenvalue weighted by atomic mass is 16.3. The van der Waals surface area contributed by atoms with Crippen LogP contribution in [0.2, 0.25) is 0 Å². The lowest BCUT2D eigenvalue weighted by molar-refractivity contribution is -0.116. The minimum Gasteiger partial charge on any atom is -0.395 e. The molecule has 1 aromatic carbocycles. The van der Waals surface area contributed by atoms with Gasteiger partial charge < -0.3 is 21.1 Å². The number of aliphatic hydroxyl groups is 1. The number of nitrogens with zero attached hydrogens (tertiary/aromatic N) is 1. The van der Waals surface area contributed by atoms with Crippen LogP contribution in [-0.4, -0.2) is 36.8 Å². The quantitative estimate of drug-likeness (QED) is 0.675. The van der Waals surface area contributed by atoms with E-state index in [-0.39, 0.29) is 18.6 Å². The second kappa shape index (κ2) is 8.55. The standard InChI is InChI=1S/C15H25N3O2/c1-3-18(10-11-19)14-7-5-13(6-8-14)17-15(20)9-4-12(2)16/h5-8,12,19H,3-4,9-11,16H2,1-2H3,(H,17,20). The lowest BCUT2D eigenvalue weighted by atomic mass is 10.2. The first-order chi connectivity index (χ1) is 9.56. The predicted molar refractivity (Wildman–Crippen MR) is 82.9 cm³/mol. The van der Waals surface area contributed by atoms with E-state index < -0.39 is 0 Å². The Kier molecular flexibility index (Phi) is 7.04. The fourth-order valence-electron chi connectivity index (χ4n) is 1.93. The zero-order valence-corrected chi connectivity index (χ0v) is 12.3. The van der Waals surface area contributed by atoms with Crippen LogP contribution in [0, 0.1) is 0 Å². The first-order valence-corrected chi connectivity index (χ1v) is 7.08. The molecule has 112 valence electrons. The molecule has 0 bridgehead atoms. The second-order valence-electron chi connectivity index (χ2n) is 4.91. The van der Waals surface area contributed by atoms with Crippen LogP contribution in [0.5, 0.6) is 0 Å². The number of benzene rings is 1. The van der Waals surface area contributed by atoms with E-state index in [1.54, 1.807) is 0 Å². The number of hydrogen-bond donors (Lipinski definition) is 3. The van der Waals surface area contributed by atoms with Gasteiger partial charge in [-0.25, -0.2) is 0 Å². The van der Waals surface area contributed by atoms with Gasteiger partial charge in [-0.1, -0.05) is 0 Å². The minimum absolute atomic E-state index is 0.0160. The van der Waals surface area contributed by atoms with Crippen LogP contribution in [0.3, 0.4) is 0 Å². The van der Waals surface area contributed by atoms with Gasteiger partial charge in [0, 0.05) is 36.9 Å². The van der Waals surface area contributed by atoms with E-state index in [1.165, 1.54) is 0 Å². The van der Waals surface area contributed by atoms with Crippen LogP contribution >= 0.6 is 0 Å². The highest BCUT2D eigenvalue weighted by Gasteiger charge is 2.06. The normalized spacial score (nSPS) is 12.0. The van der Waals surface area contributed by atoms with Crippen LogP contribution in [0.1, 0.15) is 26.7 Å². The van der Waals surface area contributed by atoms with E-state index in [0.29, 0.717) is 19.4 Å². The van der Waals surface area contributed by atoms with Crippen LogP contribution in [0.15, 0.2) is 24.3 Å². The molecule has 0 fully saturated rings.